The fourth-order valence-electron chi connectivity index (χ4n) is 0.592. The first-order chi connectivity index (χ1) is 4.97. The third kappa shape index (κ3) is 2.66. The van der Waals surface area contributed by atoms with Crippen molar-refractivity contribution in [1.82, 2.24) is 0 Å². The lowest BCUT2D eigenvalue weighted by molar-refractivity contribution is 0.209. The fraction of sp³-hybridized carbons (Fsp3) is 0.750. The lowest BCUT2D eigenvalue weighted by Crippen LogP contribution is -2.20. The fourth-order valence-corrected chi connectivity index (χ4v) is 1.19. The number of aliphatic hydroxyl groups excluding tert-OH is 1. The highest BCUT2D eigenvalue weighted by atomic mass is 28.3. The minimum Gasteiger partial charge on any atom is -0.392 e. The van der Waals surface area contributed by atoms with Gasteiger partial charge in [0.05, 0.1) is 13.2 Å². The number of aliphatic hydroxyl groups is 1. The topological polar surface area (TPSA) is 32.8 Å². The van der Waals surface area contributed by atoms with Gasteiger partial charge in [-0.05, 0) is 0 Å². The molecule has 1 N–H and O–H groups in total. The highest BCUT2D eigenvalue weighted by molar-refractivity contribution is 6.83. The molecule has 0 unspecified atom stereocenters. The number of ether oxygens (including phenoxy) is 1. The summed E-state index contributed by atoms with van der Waals surface area (Å²) in [5.74, 6) is 3.00. The summed E-state index contributed by atoms with van der Waals surface area (Å²) in [5, 5.41) is 8.84. The van der Waals surface area contributed by atoms with Crippen LogP contribution in [0.1, 0.15) is 0 Å². The van der Waals surface area contributed by atoms with Crippen molar-refractivity contribution in [3.05, 3.63) is 0 Å². The maximum Gasteiger partial charge on any atom is 0.174 e. The Morgan fingerprint density at radius 2 is 2.09 bits per heavy atom. The van der Waals surface area contributed by atoms with Gasteiger partial charge in [0.2, 0.25) is 0 Å². The summed E-state index contributed by atoms with van der Waals surface area (Å²) in [5.41, 5.74) is 2.71. The Balaban J connectivity index is 2.57. The van der Waals surface area contributed by atoms with E-state index in [0.29, 0.717) is 6.61 Å². The van der Waals surface area contributed by atoms with Crippen molar-refractivity contribution < 1.29 is 9.84 Å². The van der Waals surface area contributed by atoms with E-state index in [4.69, 9.17) is 9.84 Å². The highest BCUT2D eigenvalue weighted by Crippen LogP contribution is 2.24. The quantitative estimate of drug-likeness (QED) is 0.356. The van der Waals surface area contributed by atoms with E-state index in [2.05, 4.69) is 31.1 Å². The van der Waals surface area contributed by atoms with E-state index in [1.165, 1.54) is 0 Å². The zero-order valence-electron chi connectivity index (χ0n) is 7.27. The van der Waals surface area contributed by atoms with Gasteiger partial charge in [-0.2, -0.15) is 0 Å². The second-order valence-electron chi connectivity index (χ2n) is 3.94. The van der Waals surface area contributed by atoms with Crippen LogP contribution in [0.2, 0.25) is 19.6 Å². The molecule has 1 atom stereocenters. The van der Waals surface area contributed by atoms with Gasteiger partial charge in [-0.1, -0.05) is 25.6 Å². The lowest BCUT2D eigenvalue weighted by atomic mass is 10.2. The van der Waals surface area contributed by atoms with Crippen LogP contribution in [0.15, 0.2) is 0 Å². The first kappa shape index (κ1) is 8.79. The Morgan fingerprint density at radius 3 is 2.36 bits per heavy atom. The van der Waals surface area contributed by atoms with Crippen molar-refractivity contribution in [1.29, 1.82) is 0 Å². The van der Waals surface area contributed by atoms with Crippen LogP contribution >= 0.6 is 0 Å². The Bertz CT molecular complexity index is 202. The van der Waals surface area contributed by atoms with Crippen LogP contribution in [0.5, 0.6) is 0 Å². The molecule has 3 heteroatoms. The molecule has 1 rings (SSSR count). The van der Waals surface area contributed by atoms with Gasteiger partial charge < -0.3 is 9.84 Å². The maximum atomic E-state index is 8.84. The molecule has 0 aromatic rings. The van der Waals surface area contributed by atoms with Crippen molar-refractivity contribution in [2.45, 2.75) is 25.2 Å². The van der Waals surface area contributed by atoms with Gasteiger partial charge in [-0.3, -0.25) is 0 Å². The van der Waals surface area contributed by atoms with Gasteiger partial charge in [-0.25, -0.2) is 0 Å². The monoisotopic (exact) mass is 170 g/mol. The van der Waals surface area contributed by atoms with Gasteiger partial charge in [0.1, 0.15) is 8.07 Å². The molecule has 0 radical (unpaired) electrons. The van der Waals surface area contributed by atoms with Crippen LogP contribution in [0.25, 0.3) is 0 Å². The van der Waals surface area contributed by atoms with E-state index in [1.807, 2.05) is 0 Å². The molecule has 0 aromatic carbocycles. The van der Waals surface area contributed by atoms with E-state index < -0.39 is 13.7 Å². The average molecular weight is 170 g/mol. The van der Waals surface area contributed by atoms with Gasteiger partial charge in [0, 0.05) is 0 Å². The highest BCUT2D eigenvalue weighted by Gasteiger charge is 2.42. The minimum atomic E-state index is -1.30. The smallest absolute Gasteiger partial charge is 0.174 e. The summed E-state index contributed by atoms with van der Waals surface area (Å²) in [6.07, 6.45) is 0. The SMILES string of the molecule is C[Si](C)(C)C#C[C@]1(CO)CO1. The molecule has 2 nitrogen and oxygen atoms in total. The summed E-state index contributed by atoms with van der Waals surface area (Å²) in [4.78, 5) is 0. The van der Waals surface area contributed by atoms with Gasteiger partial charge in [0.25, 0.3) is 0 Å². The van der Waals surface area contributed by atoms with E-state index >= 15 is 0 Å². The Hall–Kier alpha value is -0.303. The first-order valence-electron chi connectivity index (χ1n) is 3.77. The molecule has 1 saturated heterocycles. The summed E-state index contributed by atoms with van der Waals surface area (Å²) in [6, 6.07) is 0. The van der Waals surface area contributed by atoms with Crippen molar-refractivity contribution in [3.63, 3.8) is 0 Å². The normalized spacial score (nSPS) is 29.1. The molecule has 0 amide bonds. The van der Waals surface area contributed by atoms with Gasteiger partial charge >= 0.3 is 0 Å². The molecule has 0 aliphatic carbocycles. The molecular formula is C8H14O2Si. The molecule has 1 fully saturated rings. The van der Waals surface area contributed by atoms with Crippen LogP contribution in [-0.4, -0.2) is 32.0 Å². The van der Waals surface area contributed by atoms with Gasteiger partial charge in [-0.15, -0.1) is 5.54 Å². The molecule has 1 aliphatic rings. The summed E-state index contributed by atoms with van der Waals surface area (Å²) < 4.78 is 5.04. The average Bonchev–Trinajstić information content (AvgIpc) is 2.63. The number of hydrogen-bond acceptors (Lipinski definition) is 2. The van der Waals surface area contributed by atoms with Crippen LogP contribution in [-0.2, 0) is 4.74 Å². The van der Waals surface area contributed by atoms with Crippen molar-refractivity contribution in [2.24, 2.45) is 0 Å². The second kappa shape index (κ2) is 2.63. The lowest BCUT2D eigenvalue weighted by Gasteiger charge is -2.04. The van der Waals surface area contributed by atoms with E-state index in [9.17, 15) is 0 Å². The summed E-state index contributed by atoms with van der Waals surface area (Å²) in [7, 11) is -1.30. The van der Waals surface area contributed by atoms with E-state index in [1.54, 1.807) is 0 Å². The molecule has 0 bridgehead atoms. The Morgan fingerprint density at radius 1 is 1.55 bits per heavy atom. The predicted molar refractivity (Wildman–Crippen MR) is 46.9 cm³/mol. The van der Waals surface area contributed by atoms with Crippen molar-refractivity contribution in [3.8, 4) is 11.5 Å². The number of rotatable bonds is 1. The summed E-state index contributed by atoms with van der Waals surface area (Å²) >= 11 is 0. The standard InChI is InChI=1S/C8H14O2Si/c1-11(2,3)5-4-8(6-9)7-10-8/h9H,6-7H2,1-3H3/t8-/m0/s1. The first-order valence-corrected chi connectivity index (χ1v) is 7.27. The Labute approximate surface area is 68.6 Å². The van der Waals surface area contributed by atoms with Crippen molar-refractivity contribution in [2.75, 3.05) is 13.2 Å². The zero-order valence-corrected chi connectivity index (χ0v) is 8.27. The van der Waals surface area contributed by atoms with Crippen LogP contribution < -0.4 is 0 Å². The molecule has 0 saturated carbocycles. The maximum absolute atomic E-state index is 8.84. The molecule has 1 heterocycles. The molecule has 1 aliphatic heterocycles. The summed E-state index contributed by atoms with van der Waals surface area (Å²) in [6.45, 7) is 7.15. The minimum absolute atomic E-state index is 0.0322. The second-order valence-corrected chi connectivity index (χ2v) is 8.69. The third-order valence-corrected chi connectivity index (χ3v) is 2.29. The van der Waals surface area contributed by atoms with Crippen LogP contribution in [0.3, 0.4) is 0 Å². The van der Waals surface area contributed by atoms with E-state index in [0.717, 1.165) is 0 Å². The largest absolute Gasteiger partial charge is 0.392 e. The third-order valence-electron chi connectivity index (χ3n) is 1.41. The molecule has 0 spiro atoms. The molecule has 11 heavy (non-hydrogen) atoms. The van der Waals surface area contributed by atoms with Crippen LogP contribution in [0.4, 0.5) is 0 Å². The van der Waals surface area contributed by atoms with Gasteiger partial charge in [0.15, 0.2) is 5.60 Å². The molecule has 62 valence electrons. The Kier molecular flexibility index (Phi) is 2.10. The number of hydrogen-bond donors (Lipinski definition) is 1. The molecular weight excluding hydrogens is 156 g/mol. The zero-order chi connectivity index (χ0) is 8.54. The van der Waals surface area contributed by atoms with E-state index in [-0.39, 0.29) is 6.61 Å². The number of epoxide rings is 1. The van der Waals surface area contributed by atoms with Crippen molar-refractivity contribution >= 4 is 8.07 Å². The van der Waals surface area contributed by atoms with Crippen LogP contribution in [0, 0.1) is 11.5 Å². The molecule has 0 aromatic heterocycles. The predicted octanol–water partition coefficient (Wildman–Crippen LogP) is 0.628.